The summed E-state index contributed by atoms with van der Waals surface area (Å²) < 4.78 is 240. The minimum Gasteiger partial charge on any atom is -0.172 e. The van der Waals surface area contributed by atoms with Crippen molar-refractivity contribution in [3.8, 4) is 0 Å². The lowest BCUT2D eigenvalue weighted by Gasteiger charge is -2.32. The van der Waals surface area contributed by atoms with Crippen molar-refractivity contribution < 1.29 is 92.0 Å². The number of rotatable bonds is 4. The second-order valence-electron chi connectivity index (χ2n) is 4.76. The summed E-state index contributed by atoms with van der Waals surface area (Å²) in [5.74, 6) is -46.2. The Kier molecular flexibility index (Phi) is 7.45. The van der Waals surface area contributed by atoms with Crippen molar-refractivity contribution in [2.24, 2.45) is 0 Å². The van der Waals surface area contributed by atoms with E-state index in [1.54, 1.807) is 0 Å². The largest absolute Gasteiger partial charge is 0.675 e. The predicted molar refractivity (Wildman–Crippen MR) is 57.6 cm³/mol. The van der Waals surface area contributed by atoms with Crippen molar-refractivity contribution in [2.45, 2.75) is 34.8 Å². The van der Waals surface area contributed by atoms with Crippen LogP contribution in [-0.2, 0) is 13.0 Å². The van der Waals surface area contributed by atoms with Crippen LogP contribution in [-0.4, -0.2) is 51.4 Å². The molecule has 0 saturated carbocycles. The third-order valence-corrected chi connectivity index (χ3v) is 11.0. The molecule has 0 aliphatic heterocycles. The first-order valence-corrected chi connectivity index (χ1v) is 10.8. The number of hydrogen-bond acceptors (Lipinski definition) is 3. The van der Waals surface area contributed by atoms with Crippen LogP contribution in [0.4, 0.5) is 79.0 Å². The molecule has 0 unspecified atom stereocenters. The lowest BCUT2D eigenvalue weighted by Crippen LogP contribution is -2.74. The van der Waals surface area contributed by atoms with Gasteiger partial charge in [-0.15, -0.1) is 8.43 Å². The van der Waals surface area contributed by atoms with E-state index in [4.69, 9.17) is 0 Å². The summed E-state index contributed by atoms with van der Waals surface area (Å²) in [6.45, 7) is 0. The molecule has 0 saturated heterocycles. The first-order chi connectivity index (χ1) is 12.6. The zero-order chi connectivity index (χ0) is 25.0. The van der Waals surface area contributed by atoms with Crippen LogP contribution in [0.25, 0.3) is 0 Å². The molecule has 0 spiro atoms. The Balaban J connectivity index is 6.78. The summed E-state index contributed by atoms with van der Waals surface area (Å²) in [7, 11) is -26.0. The van der Waals surface area contributed by atoms with Crippen LogP contribution < -0.4 is 0 Å². The maximum Gasteiger partial charge on any atom is 0.675 e. The van der Waals surface area contributed by atoms with E-state index in [1.807, 2.05) is 8.43 Å². The van der Waals surface area contributed by atoms with Gasteiger partial charge in [0, 0.05) is 4.57 Å². The van der Waals surface area contributed by atoms with Gasteiger partial charge in [0.25, 0.3) is 0 Å². The number of halogens is 18. The van der Waals surface area contributed by atoms with Gasteiger partial charge < -0.3 is 0 Å². The van der Waals surface area contributed by atoms with E-state index in [0.717, 1.165) is 0 Å². The topological polar surface area (TPSA) is 35.5 Å². The van der Waals surface area contributed by atoms with E-state index in [2.05, 4.69) is 0 Å². The Bertz CT molecular complexity index is 509. The minimum absolute atomic E-state index is 1.96. The molecule has 0 aromatic carbocycles. The molecule has 0 rings (SSSR count). The average Bonchev–Trinajstić information content (AvgIpc) is 2.33. The minimum atomic E-state index is -9.73. The van der Waals surface area contributed by atoms with Gasteiger partial charge in [0.05, 0.1) is 0 Å². The molecule has 0 atom stereocenters. The second-order valence-corrected chi connectivity index (χ2v) is 12.8. The average molecular weight is 549 g/mol. The zero-order valence-corrected chi connectivity index (χ0v) is 15.4. The molecular formula is C6F18O3PSi2+. The van der Waals surface area contributed by atoms with E-state index in [-0.39, 0.29) is 0 Å². The van der Waals surface area contributed by atoms with Gasteiger partial charge in [0.15, 0.2) is 0 Å². The summed E-state index contributed by atoms with van der Waals surface area (Å²) in [6, 6.07) is 0. The molecule has 0 radical (unpaired) electrons. The number of alkyl halides is 18. The Morgan fingerprint density at radius 2 is 0.533 bits per heavy atom. The van der Waals surface area contributed by atoms with Crippen LogP contribution in [0.2, 0.25) is 0 Å². The summed E-state index contributed by atoms with van der Waals surface area (Å²) in [5.41, 5.74) is 0. The SMILES string of the molecule is O=[P+](O[Si](C(F)(F)F)(C(F)(F)F)C(F)(F)F)O[Si](C(F)(F)F)(C(F)(F)F)C(F)(F)F. The summed E-state index contributed by atoms with van der Waals surface area (Å²) in [5, 5.41) is 0. The highest BCUT2D eigenvalue weighted by Gasteiger charge is 2.98. The van der Waals surface area contributed by atoms with Crippen molar-refractivity contribution in [3.63, 3.8) is 0 Å². The molecule has 3 nitrogen and oxygen atoms in total. The molecule has 24 heteroatoms. The van der Waals surface area contributed by atoms with Gasteiger partial charge in [-0.3, -0.25) is 0 Å². The Hall–Kier alpha value is -0.806. The van der Waals surface area contributed by atoms with Gasteiger partial charge in [0.2, 0.25) is 0 Å². The van der Waals surface area contributed by atoms with Crippen molar-refractivity contribution in [1.29, 1.82) is 0 Å². The third kappa shape index (κ3) is 4.67. The smallest absolute Gasteiger partial charge is 0.172 e. The van der Waals surface area contributed by atoms with Crippen LogP contribution in [0.15, 0.2) is 0 Å². The van der Waals surface area contributed by atoms with Gasteiger partial charge in [-0.2, -0.15) is 79.0 Å². The fourth-order valence-electron chi connectivity index (χ4n) is 1.52. The normalized spacial score (nSPS) is 16.1. The summed E-state index contributed by atoms with van der Waals surface area (Å²) in [4.78, 5) is 0. The summed E-state index contributed by atoms with van der Waals surface area (Å²) in [6.07, 6.45) is 0. The molecule has 0 fully saturated rings. The van der Waals surface area contributed by atoms with Crippen molar-refractivity contribution in [2.75, 3.05) is 0 Å². The quantitative estimate of drug-likeness (QED) is 0.239. The number of hydrogen-bond donors (Lipinski definition) is 0. The molecule has 30 heavy (non-hydrogen) atoms. The van der Waals surface area contributed by atoms with Crippen molar-refractivity contribution >= 4 is 24.9 Å². The fourth-order valence-corrected chi connectivity index (χ4v) is 8.20. The Morgan fingerprint density at radius 1 is 0.400 bits per heavy atom. The van der Waals surface area contributed by atoms with Gasteiger partial charge in [-0.1, -0.05) is 0 Å². The second kappa shape index (κ2) is 7.65. The Labute approximate surface area is 153 Å². The highest BCUT2D eigenvalue weighted by Crippen LogP contribution is 2.59. The first kappa shape index (κ1) is 29.2. The van der Waals surface area contributed by atoms with Crippen molar-refractivity contribution in [1.82, 2.24) is 0 Å². The lowest BCUT2D eigenvalue weighted by atomic mass is 11.4. The molecule has 0 heterocycles. The van der Waals surface area contributed by atoms with Crippen LogP contribution in [0.1, 0.15) is 0 Å². The standard InChI is InChI=1S/C6F18O3PSi2/c7-1(8,9)29(2(10,11)12,3(13,14)15)26-28(25)27-30(4(16,17)18,5(19,20)21)6(22,23)24/q+1. The van der Waals surface area contributed by atoms with E-state index in [0.29, 0.717) is 0 Å². The molecular weight excluding hydrogens is 549 g/mol. The highest BCUT2D eigenvalue weighted by atomic mass is 31.1. The summed E-state index contributed by atoms with van der Waals surface area (Å²) >= 11 is 0. The lowest BCUT2D eigenvalue weighted by molar-refractivity contribution is -0.186. The molecule has 180 valence electrons. The molecule has 0 bridgehead atoms. The van der Waals surface area contributed by atoms with Crippen molar-refractivity contribution in [3.05, 3.63) is 0 Å². The maximum absolute atomic E-state index is 12.5. The van der Waals surface area contributed by atoms with Gasteiger partial charge >= 0.3 is 59.7 Å². The van der Waals surface area contributed by atoms with E-state index in [1.165, 1.54) is 0 Å². The van der Waals surface area contributed by atoms with E-state index >= 15 is 0 Å². The zero-order valence-electron chi connectivity index (χ0n) is 12.5. The van der Waals surface area contributed by atoms with Crippen LogP contribution in [0, 0.1) is 0 Å². The molecule has 0 aromatic rings. The highest BCUT2D eigenvalue weighted by molar-refractivity contribution is 7.38. The fraction of sp³-hybridized carbons (Fsp3) is 1.00. The molecule has 0 aromatic heterocycles. The molecule has 0 amide bonds. The molecule has 0 aliphatic carbocycles. The first-order valence-electron chi connectivity index (χ1n) is 5.86. The molecule has 0 aliphatic rings. The van der Waals surface area contributed by atoms with Gasteiger partial charge in [-0.25, -0.2) is 0 Å². The predicted octanol–water partition coefficient (Wildman–Crippen LogP) is 6.18. The third-order valence-electron chi connectivity index (χ3n) is 2.82. The van der Waals surface area contributed by atoms with Gasteiger partial charge in [0.1, 0.15) is 0 Å². The maximum atomic E-state index is 12.5. The molecule has 0 N–H and O–H groups in total. The van der Waals surface area contributed by atoms with Gasteiger partial charge in [-0.05, 0) is 0 Å². The van der Waals surface area contributed by atoms with E-state index in [9.17, 15) is 83.6 Å². The van der Waals surface area contributed by atoms with Crippen LogP contribution in [0.3, 0.4) is 0 Å². The van der Waals surface area contributed by atoms with Crippen LogP contribution in [0.5, 0.6) is 0 Å². The monoisotopic (exact) mass is 549 g/mol. The van der Waals surface area contributed by atoms with E-state index < -0.39 is 59.7 Å². The van der Waals surface area contributed by atoms with Crippen LogP contribution >= 0.6 is 8.25 Å². The Morgan fingerprint density at radius 3 is 0.633 bits per heavy atom.